The van der Waals surface area contributed by atoms with E-state index < -0.39 is 0 Å². The number of benzene rings is 2. The number of likely N-dealkylation sites (tertiary alicyclic amines) is 1. The van der Waals surface area contributed by atoms with E-state index in [1.54, 1.807) is 17.1 Å². The van der Waals surface area contributed by atoms with Gasteiger partial charge < -0.3 is 9.88 Å². The highest BCUT2D eigenvalue weighted by Crippen LogP contribution is 2.28. The third-order valence-corrected chi connectivity index (χ3v) is 6.65. The van der Waals surface area contributed by atoms with Gasteiger partial charge in [0.25, 0.3) is 5.91 Å². The molecule has 1 fully saturated rings. The zero-order valence-electron chi connectivity index (χ0n) is 19.0. The predicted molar refractivity (Wildman–Crippen MR) is 134 cm³/mol. The highest BCUT2D eigenvalue weighted by Gasteiger charge is 2.28. The molecule has 0 spiro atoms. The van der Waals surface area contributed by atoms with E-state index in [4.69, 9.17) is 5.10 Å². The number of nitrogens with one attached hydrogen (secondary N) is 1. The lowest BCUT2D eigenvalue weighted by Crippen LogP contribution is -2.40. The molecule has 6 rings (SSSR count). The predicted octanol–water partition coefficient (Wildman–Crippen LogP) is 4.05. The minimum atomic E-state index is -0.0976. The van der Waals surface area contributed by atoms with Crippen molar-refractivity contribution in [2.24, 2.45) is 0 Å². The van der Waals surface area contributed by atoms with Gasteiger partial charge in [-0.3, -0.25) is 14.3 Å². The molecule has 3 aromatic heterocycles. The highest BCUT2D eigenvalue weighted by atomic mass is 16.2. The lowest BCUT2D eigenvalue weighted by Gasteiger charge is -2.32. The number of nitrogens with zero attached hydrogens (tertiary/aromatic N) is 5. The summed E-state index contributed by atoms with van der Waals surface area (Å²) in [5.41, 5.74) is 4.71. The Kier molecular flexibility index (Phi) is 5.25. The van der Waals surface area contributed by atoms with Gasteiger partial charge in [0.05, 0.1) is 22.4 Å². The molecule has 0 saturated carbocycles. The number of para-hydroxylation sites is 3. The number of aromatic amines is 1. The number of imidazole rings is 1. The summed E-state index contributed by atoms with van der Waals surface area (Å²) in [6, 6.07) is 23.2. The van der Waals surface area contributed by atoms with Crippen molar-refractivity contribution in [2.45, 2.75) is 18.9 Å². The highest BCUT2D eigenvalue weighted by molar-refractivity contribution is 5.93. The number of carbonyl (C=O) groups is 1. The summed E-state index contributed by atoms with van der Waals surface area (Å²) >= 11 is 0. The number of amides is 1. The molecule has 5 aromatic rings. The minimum absolute atomic E-state index is 0.0527. The van der Waals surface area contributed by atoms with Crippen molar-refractivity contribution in [3.63, 3.8) is 0 Å². The van der Waals surface area contributed by atoms with Crippen LogP contribution in [0, 0.1) is 0 Å². The quantitative estimate of drug-likeness (QED) is 0.435. The van der Waals surface area contributed by atoms with Gasteiger partial charge in [-0.15, -0.1) is 0 Å². The van der Waals surface area contributed by atoms with Crippen LogP contribution in [0.1, 0.15) is 29.4 Å². The van der Waals surface area contributed by atoms with Crippen molar-refractivity contribution < 1.29 is 4.79 Å². The second-order valence-electron chi connectivity index (χ2n) is 8.74. The number of piperidine rings is 1. The molecule has 1 aliphatic heterocycles. The van der Waals surface area contributed by atoms with Crippen LogP contribution in [0.5, 0.6) is 0 Å². The number of rotatable bonds is 4. The molecule has 35 heavy (non-hydrogen) atoms. The van der Waals surface area contributed by atoms with Crippen LogP contribution < -0.4 is 5.69 Å². The van der Waals surface area contributed by atoms with Gasteiger partial charge in [0.1, 0.15) is 0 Å². The fraction of sp³-hybridized carbons (Fsp3) is 0.185. The number of hydrogen-bond acceptors (Lipinski definition) is 4. The average molecular weight is 465 g/mol. The zero-order chi connectivity index (χ0) is 23.8. The fourth-order valence-electron chi connectivity index (χ4n) is 4.91. The molecule has 0 bridgehead atoms. The summed E-state index contributed by atoms with van der Waals surface area (Å²) in [7, 11) is 0. The first-order chi connectivity index (χ1) is 17.2. The van der Waals surface area contributed by atoms with Crippen molar-refractivity contribution in [1.29, 1.82) is 0 Å². The Balaban J connectivity index is 1.26. The van der Waals surface area contributed by atoms with E-state index in [-0.39, 0.29) is 17.6 Å². The third kappa shape index (κ3) is 3.82. The summed E-state index contributed by atoms with van der Waals surface area (Å²) in [6.45, 7) is 1.14. The lowest BCUT2D eigenvalue weighted by atomic mass is 10.0. The Labute approximate surface area is 201 Å². The Morgan fingerprint density at radius 2 is 1.63 bits per heavy atom. The Hall–Kier alpha value is -4.46. The van der Waals surface area contributed by atoms with Crippen LogP contribution in [0.2, 0.25) is 0 Å². The van der Waals surface area contributed by atoms with E-state index in [0.717, 1.165) is 28.0 Å². The maximum atomic E-state index is 13.5. The molecule has 1 saturated heterocycles. The molecule has 0 atom stereocenters. The molecule has 8 heteroatoms. The SMILES string of the molecule is O=C(c1cc(-c2ccncc2)n(-c2ccccc2)n1)N1CCC(n2c(=O)[nH]c3ccccc32)CC1. The van der Waals surface area contributed by atoms with Gasteiger partial charge in [-0.05, 0) is 55.3 Å². The van der Waals surface area contributed by atoms with E-state index in [1.807, 2.05) is 82.3 Å². The molecule has 4 heterocycles. The summed E-state index contributed by atoms with van der Waals surface area (Å²) < 4.78 is 3.64. The Morgan fingerprint density at radius 1 is 0.914 bits per heavy atom. The molecule has 8 nitrogen and oxygen atoms in total. The average Bonchev–Trinajstić information content (AvgIpc) is 3.50. The molecule has 0 radical (unpaired) electrons. The fourth-order valence-corrected chi connectivity index (χ4v) is 4.91. The van der Waals surface area contributed by atoms with Crippen molar-refractivity contribution >= 4 is 16.9 Å². The number of H-pyrrole nitrogens is 1. The van der Waals surface area contributed by atoms with E-state index in [0.29, 0.717) is 31.6 Å². The smallest absolute Gasteiger partial charge is 0.326 e. The van der Waals surface area contributed by atoms with Crippen LogP contribution >= 0.6 is 0 Å². The van der Waals surface area contributed by atoms with Crippen molar-refractivity contribution in [1.82, 2.24) is 29.2 Å². The summed E-state index contributed by atoms with van der Waals surface area (Å²) in [4.78, 5) is 34.9. The lowest BCUT2D eigenvalue weighted by molar-refractivity contribution is 0.0688. The normalized spacial score (nSPS) is 14.5. The second-order valence-corrected chi connectivity index (χ2v) is 8.74. The van der Waals surface area contributed by atoms with Crippen LogP contribution in [0.4, 0.5) is 0 Å². The molecule has 174 valence electrons. The van der Waals surface area contributed by atoms with Crippen LogP contribution in [0.25, 0.3) is 28.0 Å². The Bertz CT molecular complexity index is 1490. The van der Waals surface area contributed by atoms with E-state index in [1.165, 1.54) is 0 Å². The maximum absolute atomic E-state index is 13.5. The number of hydrogen-bond donors (Lipinski definition) is 1. The minimum Gasteiger partial charge on any atom is -0.337 e. The van der Waals surface area contributed by atoms with Crippen LogP contribution in [-0.2, 0) is 0 Å². The summed E-state index contributed by atoms with van der Waals surface area (Å²) in [6.07, 6.45) is 4.89. The number of carbonyl (C=O) groups excluding carboxylic acids is 1. The van der Waals surface area contributed by atoms with Gasteiger partial charge in [-0.1, -0.05) is 30.3 Å². The van der Waals surface area contributed by atoms with E-state index in [9.17, 15) is 9.59 Å². The zero-order valence-corrected chi connectivity index (χ0v) is 19.0. The molecule has 0 aliphatic carbocycles. The standard InChI is InChI=1S/C27H24N6O2/c34-26(31-16-12-20(13-17-31)32-24-9-5-4-8-22(24)29-27(32)35)23-18-25(19-10-14-28-15-11-19)33(30-23)21-6-2-1-3-7-21/h1-11,14-15,18,20H,12-13,16-17H2,(H,29,35). The molecule has 0 unspecified atom stereocenters. The summed E-state index contributed by atoms with van der Waals surface area (Å²) in [5, 5.41) is 4.70. The first-order valence-corrected chi connectivity index (χ1v) is 11.7. The first kappa shape index (κ1) is 21.1. The van der Waals surface area contributed by atoms with E-state index >= 15 is 0 Å². The van der Waals surface area contributed by atoms with Gasteiger partial charge in [0.2, 0.25) is 0 Å². The van der Waals surface area contributed by atoms with Crippen LogP contribution in [0.15, 0.2) is 90.0 Å². The van der Waals surface area contributed by atoms with Crippen molar-refractivity contribution in [3.8, 4) is 16.9 Å². The van der Waals surface area contributed by atoms with E-state index in [2.05, 4.69) is 9.97 Å². The third-order valence-electron chi connectivity index (χ3n) is 6.65. The number of aromatic nitrogens is 5. The van der Waals surface area contributed by atoms with Crippen LogP contribution in [0.3, 0.4) is 0 Å². The topological polar surface area (TPSA) is 88.8 Å². The molecular formula is C27H24N6O2. The molecule has 2 aromatic carbocycles. The largest absolute Gasteiger partial charge is 0.337 e. The maximum Gasteiger partial charge on any atom is 0.326 e. The van der Waals surface area contributed by atoms with Gasteiger partial charge in [0.15, 0.2) is 5.69 Å². The van der Waals surface area contributed by atoms with Gasteiger partial charge in [0, 0.05) is 37.1 Å². The van der Waals surface area contributed by atoms with Gasteiger partial charge in [-0.25, -0.2) is 9.48 Å². The molecule has 1 amide bonds. The number of fused-ring (bicyclic) bond motifs is 1. The van der Waals surface area contributed by atoms with Crippen LogP contribution in [-0.4, -0.2) is 48.2 Å². The Morgan fingerprint density at radius 3 is 2.40 bits per heavy atom. The monoisotopic (exact) mass is 464 g/mol. The second kappa shape index (κ2) is 8.72. The molecule has 1 N–H and O–H groups in total. The molecule has 1 aliphatic rings. The van der Waals surface area contributed by atoms with Gasteiger partial charge in [-0.2, -0.15) is 5.10 Å². The van der Waals surface area contributed by atoms with Crippen molar-refractivity contribution in [3.05, 3.63) is 101 Å². The van der Waals surface area contributed by atoms with Gasteiger partial charge >= 0.3 is 5.69 Å². The molecular weight excluding hydrogens is 440 g/mol. The van der Waals surface area contributed by atoms with Crippen molar-refractivity contribution in [2.75, 3.05) is 13.1 Å². The summed E-state index contributed by atoms with van der Waals surface area (Å²) in [5.74, 6) is -0.0975. The number of pyridine rings is 1. The first-order valence-electron chi connectivity index (χ1n) is 11.7.